The Labute approximate surface area is 95.5 Å². The van der Waals surface area contributed by atoms with Gasteiger partial charge in [0.15, 0.2) is 0 Å². The van der Waals surface area contributed by atoms with Crippen molar-refractivity contribution in [2.45, 2.75) is 37.3 Å². The summed E-state index contributed by atoms with van der Waals surface area (Å²) >= 11 is 4.85. The van der Waals surface area contributed by atoms with Gasteiger partial charge in [0.05, 0.1) is 10.4 Å². The molecule has 5 heteroatoms. The lowest BCUT2D eigenvalue weighted by Gasteiger charge is -2.34. The maximum Gasteiger partial charge on any atom is 0.123 e. The third-order valence-electron chi connectivity index (χ3n) is 2.71. The van der Waals surface area contributed by atoms with Gasteiger partial charge in [0.1, 0.15) is 10.2 Å². The van der Waals surface area contributed by atoms with E-state index >= 15 is 0 Å². The minimum absolute atomic E-state index is 0.114. The monoisotopic (exact) mass is 276 g/mol. The lowest BCUT2D eigenvalue weighted by atomic mass is 9.81. The Morgan fingerprint density at radius 3 is 3.07 bits per heavy atom. The van der Waals surface area contributed by atoms with Crippen LogP contribution in [0.2, 0.25) is 0 Å². The molecule has 1 heterocycles. The van der Waals surface area contributed by atoms with Gasteiger partial charge in [-0.1, -0.05) is 0 Å². The fourth-order valence-corrected chi connectivity index (χ4v) is 3.74. The van der Waals surface area contributed by atoms with Gasteiger partial charge in [-0.25, -0.2) is 4.98 Å². The number of hydrogen-bond acceptors (Lipinski definition) is 4. The predicted octanol–water partition coefficient (Wildman–Crippen LogP) is 1.99. The van der Waals surface area contributed by atoms with Crippen LogP contribution in [-0.4, -0.2) is 16.1 Å². The Bertz CT molecular complexity index is 330. The highest BCUT2D eigenvalue weighted by Gasteiger charge is 2.37. The second kappa shape index (κ2) is 3.89. The molecule has 0 amide bonds. The Balaban J connectivity index is 2.27. The molecule has 1 aromatic rings. The standard InChI is InChI=1S/C9H13BrN2OS/c10-8-7(14-5-12-8)9(13)3-1-2-6(11)4-9/h5-6,13H,1-4,11H2. The first-order valence-corrected chi connectivity index (χ1v) is 6.36. The molecule has 2 atom stereocenters. The molecular weight excluding hydrogens is 264 g/mol. The summed E-state index contributed by atoms with van der Waals surface area (Å²) in [5, 5.41) is 10.4. The van der Waals surface area contributed by atoms with Gasteiger partial charge in [0.2, 0.25) is 0 Å². The van der Waals surface area contributed by atoms with Crippen LogP contribution >= 0.6 is 27.3 Å². The smallest absolute Gasteiger partial charge is 0.123 e. The van der Waals surface area contributed by atoms with Gasteiger partial charge in [0.25, 0.3) is 0 Å². The van der Waals surface area contributed by atoms with Crippen LogP contribution in [-0.2, 0) is 5.60 Å². The van der Waals surface area contributed by atoms with Gasteiger partial charge in [-0.15, -0.1) is 11.3 Å². The number of thiazole rings is 1. The van der Waals surface area contributed by atoms with Crippen molar-refractivity contribution >= 4 is 27.3 Å². The Kier molecular flexibility index (Phi) is 2.93. The van der Waals surface area contributed by atoms with Crippen molar-refractivity contribution in [3.63, 3.8) is 0 Å². The van der Waals surface area contributed by atoms with Crippen molar-refractivity contribution in [3.05, 3.63) is 15.0 Å². The summed E-state index contributed by atoms with van der Waals surface area (Å²) in [4.78, 5) is 5.02. The molecule has 3 nitrogen and oxygen atoms in total. The van der Waals surface area contributed by atoms with E-state index in [-0.39, 0.29) is 6.04 Å². The molecule has 0 aliphatic heterocycles. The van der Waals surface area contributed by atoms with Crippen LogP contribution in [0.15, 0.2) is 10.1 Å². The van der Waals surface area contributed by atoms with Gasteiger partial charge in [-0.05, 0) is 41.6 Å². The van der Waals surface area contributed by atoms with Gasteiger partial charge in [0, 0.05) is 6.04 Å². The van der Waals surface area contributed by atoms with Crippen molar-refractivity contribution in [1.82, 2.24) is 4.98 Å². The molecule has 1 aliphatic rings. The van der Waals surface area contributed by atoms with Crippen LogP contribution < -0.4 is 5.73 Å². The summed E-state index contributed by atoms with van der Waals surface area (Å²) < 4.78 is 0.763. The van der Waals surface area contributed by atoms with Crippen molar-refractivity contribution in [2.75, 3.05) is 0 Å². The largest absolute Gasteiger partial charge is 0.384 e. The number of aromatic nitrogens is 1. The fraction of sp³-hybridized carbons (Fsp3) is 0.667. The molecule has 0 saturated heterocycles. The Morgan fingerprint density at radius 1 is 1.71 bits per heavy atom. The fourth-order valence-electron chi connectivity index (χ4n) is 2.04. The lowest BCUT2D eigenvalue weighted by Crippen LogP contribution is -2.38. The topological polar surface area (TPSA) is 59.1 Å². The molecule has 1 saturated carbocycles. The molecule has 2 rings (SSSR count). The molecule has 0 spiro atoms. The number of nitrogens with two attached hydrogens (primary N) is 1. The number of halogens is 1. The van der Waals surface area contributed by atoms with Crippen LogP contribution in [0.5, 0.6) is 0 Å². The van der Waals surface area contributed by atoms with Gasteiger partial charge >= 0.3 is 0 Å². The number of rotatable bonds is 1. The second-order valence-electron chi connectivity index (χ2n) is 3.86. The van der Waals surface area contributed by atoms with Crippen LogP contribution in [0.4, 0.5) is 0 Å². The quantitative estimate of drug-likeness (QED) is 0.825. The van der Waals surface area contributed by atoms with E-state index in [9.17, 15) is 5.11 Å². The lowest BCUT2D eigenvalue weighted by molar-refractivity contribution is -0.00460. The van der Waals surface area contributed by atoms with E-state index in [1.165, 1.54) is 11.3 Å². The second-order valence-corrected chi connectivity index (χ2v) is 5.47. The molecule has 78 valence electrons. The zero-order valence-corrected chi connectivity index (χ0v) is 10.1. The van der Waals surface area contributed by atoms with Gasteiger partial charge in [-0.3, -0.25) is 0 Å². The maximum atomic E-state index is 10.4. The van der Waals surface area contributed by atoms with Crippen molar-refractivity contribution in [1.29, 1.82) is 0 Å². The molecule has 0 radical (unpaired) electrons. The van der Waals surface area contributed by atoms with Crippen LogP contribution in [0.3, 0.4) is 0 Å². The van der Waals surface area contributed by atoms with E-state index in [0.29, 0.717) is 6.42 Å². The molecular formula is C9H13BrN2OS. The van der Waals surface area contributed by atoms with E-state index < -0.39 is 5.60 Å². The third kappa shape index (κ3) is 1.86. The summed E-state index contributed by atoms with van der Waals surface area (Å²) in [5.41, 5.74) is 6.87. The third-order valence-corrected chi connectivity index (χ3v) is 4.60. The maximum absolute atomic E-state index is 10.4. The first-order chi connectivity index (χ1) is 6.62. The molecule has 0 aromatic carbocycles. The highest BCUT2D eigenvalue weighted by Crippen LogP contribution is 2.41. The Hall–Kier alpha value is 0.0300. The first-order valence-electron chi connectivity index (χ1n) is 4.69. The molecule has 1 fully saturated rings. The zero-order valence-electron chi connectivity index (χ0n) is 7.74. The molecule has 1 aromatic heterocycles. The number of nitrogens with zero attached hydrogens (tertiary/aromatic N) is 1. The predicted molar refractivity (Wildman–Crippen MR) is 60.2 cm³/mol. The van der Waals surface area contributed by atoms with Crippen molar-refractivity contribution < 1.29 is 5.11 Å². The normalized spacial score (nSPS) is 33.2. The van der Waals surface area contributed by atoms with Crippen LogP contribution in [0.25, 0.3) is 0 Å². The van der Waals surface area contributed by atoms with Crippen LogP contribution in [0.1, 0.15) is 30.6 Å². The summed E-state index contributed by atoms with van der Waals surface area (Å²) in [5.74, 6) is 0. The van der Waals surface area contributed by atoms with Crippen molar-refractivity contribution in [3.8, 4) is 0 Å². The van der Waals surface area contributed by atoms with E-state index in [1.54, 1.807) is 5.51 Å². The molecule has 1 aliphatic carbocycles. The minimum Gasteiger partial charge on any atom is -0.384 e. The minimum atomic E-state index is -0.752. The van der Waals surface area contributed by atoms with E-state index in [4.69, 9.17) is 5.73 Å². The molecule has 2 unspecified atom stereocenters. The summed E-state index contributed by atoms with van der Waals surface area (Å²) in [6, 6.07) is 0.114. The average Bonchev–Trinajstić information content (AvgIpc) is 2.51. The van der Waals surface area contributed by atoms with Crippen molar-refractivity contribution in [2.24, 2.45) is 5.73 Å². The zero-order chi connectivity index (χ0) is 10.2. The molecule has 3 N–H and O–H groups in total. The molecule has 14 heavy (non-hydrogen) atoms. The highest BCUT2D eigenvalue weighted by molar-refractivity contribution is 9.10. The van der Waals surface area contributed by atoms with Crippen LogP contribution in [0, 0.1) is 0 Å². The highest BCUT2D eigenvalue weighted by atomic mass is 79.9. The molecule has 0 bridgehead atoms. The average molecular weight is 277 g/mol. The SMILES string of the molecule is NC1CCCC(O)(c2scnc2Br)C1. The summed E-state index contributed by atoms with van der Waals surface area (Å²) in [6.07, 6.45) is 3.44. The van der Waals surface area contributed by atoms with E-state index in [0.717, 1.165) is 28.7 Å². The summed E-state index contributed by atoms with van der Waals surface area (Å²) in [6.45, 7) is 0. The first kappa shape index (κ1) is 10.5. The van der Waals surface area contributed by atoms with E-state index in [2.05, 4.69) is 20.9 Å². The Morgan fingerprint density at radius 2 is 2.50 bits per heavy atom. The number of aliphatic hydroxyl groups is 1. The van der Waals surface area contributed by atoms with Gasteiger partial charge in [-0.2, -0.15) is 0 Å². The van der Waals surface area contributed by atoms with Gasteiger partial charge < -0.3 is 10.8 Å². The summed E-state index contributed by atoms with van der Waals surface area (Å²) in [7, 11) is 0. The number of hydrogen-bond donors (Lipinski definition) is 2. The van der Waals surface area contributed by atoms with E-state index in [1.807, 2.05) is 0 Å².